The third kappa shape index (κ3) is 5.25. The molecular weight excluding hydrogens is 288 g/mol. The van der Waals surface area contributed by atoms with Crippen LogP contribution in [0, 0.1) is 0 Å². The molecule has 0 aliphatic heterocycles. The summed E-state index contributed by atoms with van der Waals surface area (Å²) in [6, 6.07) is 3.38. The van der Waals surface area contributed by atoms with E-state index in [1.54, 1.807) is 12.1 Å². The summed E-state index contributed by atoms with van der Waals surface area (Å²) in [5, 5.41) is 12.1. The van der Waals surface area contributed by atoms with Gasteiger partial charge in [-0.25, -0.2) is 4.98 Å². The summed E-state index contributed by atoms with van der Waals surface area (Å²) < 4.78 is 5.47. The molecule has 6 heteroatoms. The van der Waals surface area contributed by atoms with Crippen molar-refractivity contribution in [3.8, 4) is 0 Å². The monoisotopic (exact) mass is 302 g/mol. The molecule has 0 saturated heterocycles. The third-order valence-corrected chi connectivity index (χ3v) is 2.58. The van der Waals surface area contributed by atoms with Crippen molar-refractivity contribution in [2.24, 2.45) is 0 Å². The predicted molar refractivity (Wildman–Crippen MR) is 66.8 cm³/mol. The fourth-order valence-corrected chi connectivity index (χ4v) is 1.47. The quantitative estimate of drug-likeness (QED) is 0.768. The van der Waals surface area contributed by atoms with Crippen molar-refractivity contribution in [3.63, 3.8) is 0 Å². The van der Waals surface area contributed by atoms with E-state index in [9.17, 15) is 9.90 Å². The highest BCUT2D eigenvalue weighted by molar-refractivity contribution is 9.10. The lowest BCUT2D eigenvalue weighted by molar-refractivity contribution is 0.0587. The molecule has 1 heterocycles. The molecule has 0 spiro atoms. The fraction of sp³-hybridized carbons (Fsp3) is 0.455. The van der Waals surface area contributed by atoms with Gasteiger partial charge in [-0.2, -0.15) is 0 Å². The molecule has 2 N–H and O–H groups in total. The number of carbonyl (C=O) groups is 1. The van der Waals surface area contributed by atoms with Crippen LogP contribution in [0.3, 0.4) is 0 Å². The number of rotatable bonds is 6. The van der Waals surface area contributed by atoms with Crippen molar-refractivity contribution in [1.82, 2.24) is 10.3 Å². The minimum atomic E-state index is -0.552. The lowest BCUT2D eigenvalue weighted by atomic mass is 10.2. The molecule has 0 radical (unpaired) electrons. The van der Waals surface area contributed by atoms with E-state index in [-0.39, 0.29) is 12.5 Å². The Kier molecular flexibility index (Phi) is 6.10. The molecule has 94 valence electrons. The van der Waals surface area contributed by atoms with Crippen molar-refractivity contribution < 1.29 is 14.6 Å². The van der Waals surface area contributed by atoms with Gasteiger partial charge in [-0.1, -0.05) is 0 Å². The van der Waals surface area contributed by atoms with Crippen LogP contribution in [0.25, 0.3) is 0 Å². The summed E-state index contributed by atoms with van der Waals surface area (Å²) in [4.78, 5) is 15.6. The van der Waals surface area contributed by atoms with Gasteiger partial charge < -0.3 is 15.2 Å². The molecule has 1 rings (SSSR count). The summed E-state index contributed by atoms with van der Waals surface area (Å²) in [5.41, 5.74) is 0.495. The summed E-state index contributed by atoms with van der Waals surface area (Å²) in [5.74, 6) is -0.199. The first-order chi connectivity index (χ1) is 8.13. The standard InChI is InChI=1S/C11H15BrN2O3/c1-17-7-9(15)4-5-13-11(16)8-2-3-10(12)14-6-8/h2-3,6,9,15H,4-5,7H2,1H3,(H,13,16). The summed E-state index contributed by atoms with van der Waals surface area (Å²) in [6.07, 6.45) is 1.40. The lowest BCUT2D eigenvalue weighted by Crippen LogP contribution is -2.28. The fourth-order valence-electron chi connectivity index (χ4n) is 1.24. The second kappa shape index (κ2) is 7.37. The van der Waals surface area contributed by atoms with Gasteiger partial charge in [-0.3, -0.25) is 4.79 Å². The maximum Gasteiger partial charge on any atom is 0.252 e. The zero-order valence-corrected chi connectivity index (χ0v) is 11.1. The summed E-state index contributed by atoms with van der Waals surface area (Å²) in [7, 11) is 1.52. The van der Waals surface area contributed by atoms with Crippen LogP contribution in [0.5, 0.6) is 0 Å². The van der Waals surface area contributed by atoms with Crippen molar-refractivity contribution >= 4 is 21.8 Å². The Morgan fingerprint density at radius 3 is 3.00 bits per heavy atom. The first kappa shape index (κ1) is 14.1. The highest BCUT2D eigenvalue weighted by Gasteiger charge is 2.07. The molecule has 1 unspecified atom stereocenters. The molecule has 17 heavy (non-hydrogen) atoms. The van der Waals surface area contributed by atoms with Gasteiger partial charge >= 0.3 is 0 Å². The van der Waals surface area contributed by atoms with E-state index < -0.39 is 6.10 Å². The molecule has 1 atom stereocenters. The smallest absolute Gasteiger partial charge is 0.252 e. The number of aliphatic hydroxyl groups excluding tert-OH is 1. The van der Waals surface area contributed by atoms with Crippen LogP contribution in [-0.2, 0) is 4.74 Å². The van der Waals surface area contributed by atoms with Crippen molar-refractivity contribution in [2.45, 2.75) is 12.5 Å². The number of pyridine rings is 1. The van der Waals surface area contributed by atoms with Crippen molar-refractivity contribution in [2.75, 3.05) is 20.3 Å². The molecule has 0 aromatic carbocycles. The van der Waals surface area contributed by atoms with Crippen LogP contribution in [0.2, 0.25) is 0 Å². The van der Waals surface area contributed by atoms with Crippen LogP contribution in [-0.4, -0.2) is 42.4 Å². The van der Waals surface area contributed by atoms with Gasteiger partial charge in [0.05, 0.1) is 18.3 Å². The number of ether oxygens (including phenoxy) is 1. The minimum Gasteiger partial charge on any atom is -0.391 e. The van der Waals surface area contributed by atoms with Crippen molar-refractivity contribution in [1.29, 1.82) is 0 Å². The zero-order chi connectivity index (χ0) is 12.7. The number of nitrogens with zero attached hydrogens (tertiary/aromatic N) is 1. The lowest BCUT2D eigenvalue weighted by Gasteiger charge is -2.09. The number of nitrogens with one attached hydrogen (secondary N) is 1. The van der Waals surface area contributed by atoms with Gasteiger partial charge in [-0.15, -0.1) is 0 Å². The van der Waals surface area contributed by atoms with E-state index in [0.717, 1.165) is 0 Å². The number of aromatic nitrogens is 1. The first-order valence-electron chi connectivity index (χ1n) is 5.20. The molecule has 0 aliphatic carbocycles. The molecule has 5 nitrogen and oxygen atoms in total. The average molecular weight is 303 g/mol. The van der Waals surface area contributed by atoms with Gasteiger partial charge in [0, 0.05) is 19.9 Å². The van der Waals surface area contributed by atoms with Crippen molar-refractivity contribution in [3.05, 3.63) is 28.5 Å². The van der Waals surface area contributed by atoms with Gasteiger partial charge in [0.1, 0.15) is 4.60 Å². The molecule has 1 aromatic heterocycles. The van der Waals surface area contributed by atoms with E-state index in [4.69, 9.17) is 4.74 Å². The van der Waals surface area contributed by atoms with Crippen LogP contribution in [0.4, 0.5) is 0 Å². The number of hydrogen-bond donors (Lipinski definition) is 2. The third-order valence-electron chi connectivity index (χ3n) is 2.11. The minimum absolute atomic E-state index is 0.199. The Labute approximate surface area is 108 Å². The zero-order valence-electron chi connectivity index (χ0n) is 9.52. The van der Waals surface area contributed by atoms with E-state index in [2.05, 4.69) is 26.2 Å². The maximum atomic E-state index is 11.6. The van der Waals surface area contributed by atoms with E-state index in [0.29, 0.717) is 23.1 Å². The number of methoxy groups -OCH3 is 1. The number of amides is 1. The molecule has 0 fully saturated rings. The molecule has 1 aromatic rings. The number of aliphatic hydroxyl groups is 1. The highest BCUT2D eigenvalue weighted by Crippen LogP contribution is 2.06. The van der Waals surface area contributed by atoms with Crippen LogP contribution in [0.1, 0.15) is 16.8 Å². The summed E-state index contributed by atoms with van der Waals surface area (Å²) in [6.45, 7) is 0.676. The molecule has 0 saturated carbocycles. The number of carbonyl (C=O) groups excluding carboxylic acids is 1. The highest BCUT2D eigenvalue weighted by atomic mass is 79.9. The van der Waals surface area contributed by atoms with Crippen LogP contribution >= 0.6 is 15.9 Å². The van der Waals surface area contributed by atoms with Gasteiger partial charge in [0.25, 0.3) is 5.91 Å². The Morgan fingerprint density at radius 2 is 2.41 bits per heavy atom. The van der Waals surface area contributed by atoms with E-state index >= 15 is 0 Å². The number of halogens is 1. The van der Waals surface area contributed by atoms with Crippen LogP contribution in [0.15, 0.2) is 22.9 Å². The molecule has 0 aliphatic rings. The Balaban J connectivity index is 2.32. The Hall–Kier alpha value is -0.980. The molecule has 1 amide bonds. The number of hydrogen-bond acceptors (Lipinski definition) is 4. The largest absolute Gasteiger partial charge is 0.391 e. The Bertz CT molecular complexity index is 356. The van der Waals surface area contributed by atoms with Crippen LogP contribution < -0.4 is 5.32 Å². The second-order valence-corrected chi connectivity index (χ2v) is 4.34. The summed E-state index contributed by atoms with van der Waals surface area (Å²) >= 11 is 3.19. The van der Waals surface area contributed by atoms with Gasteiger partial charge in [-0.05, 0) is 34.5 Å². The average Bonchev–Trinajstić information content (AvgIpc) is 2.30. The van der Waals surface area contributed by atoms with Gasteiger partial charge in [0.15, 0.2) is 0 Å². The maximum absolute atomic E-state index is 11.6. The SMILES string of the molecule is COCC(O)CCNC(=O)c1ccc(Br)nc1. The normalized spacial score (nSPS) is 12.2. The Morgan fingerprint density at radius 1 is 1.65 bits per heavy atom. The first-order valence-corrected chi connectivity index (χ1v) is 5.99. The van der Waals surface area contributed by atoms with E-state index in [1.165, 1.54) is 13.3 Å². The van der Waals surface area contributed by atoms with Gasteiger partial charge in [0.2, 0.25) is 0 Å². The predicted octanol–water partition coefficient (Wildman–Crippen LogP) is 0.971. The second-order valence-electron chi connectivity index (χ2n) is 3.52. The molecular formula is C11H15BrN2O3. The topological polar surface area (TPSA) is 71.5 Å². The molecule has 0 bridgehead atoms. The van der Waals surface area contributed by atoms with E-state index in [1.807, 2.05) is 0 Å².